The molecule has 0 aliphatic heterocycles. The zero-order valence-corrected chi connectivity index (χ0v) is 14.0. The molecule has 0 heterocycles. The third kappa shape index (κ3) is 6.10. The minimum Gasteiger partial charge on any atom is -0.508 e. The van der Waals surface area contributed by atoms with Crippen LogP contribution in [0.3, 0.4) is 0 Å². The lowest BCUT2D eigenvalue weighted by Gasteiger charge is -2.22. The summed E-state index contributed by atoms with van der Waals surface area (Å²) in [5.74, 6) is 0.503. The molecule has 4 nitrogen and oxygen atoms in total. The van der Waals surface area contributed by atoms with E-state index in [9.17, 15) is 15.3 Å². The summed E-state index contributed by atoms with van der Waals surface area (Å²) in [6.07, 6.45) is 1.83. The molecule has 0 radical (unpaired) electrons. The van der Waals surface area contributed by atoms with Crippen LogP contribution in [0.4, 0.5) is 0 Å². The Hall–Kier alpha value is -1.75. The van der Waals surface area contributed by atoms with Crippen molar-refractivity contribution in [3.05, 3.63) is 59.7 Å². The SMILES string of the molecule is CC(CCc1ccc(O)cc1)NC(CO)c1ccc(O)cc1.Cl. The van der Waals surface area contributed by atoms with E-state index < -0.39 is 0 Å². The number of phenolic OH excluding ortho intramolecular Hbond substituents is 2. The van der Waals surface area contributed by atoms with Crippen LogP contribution in [0, 0.1) is 0 Å². The van der Waals surface area contributed by atoms with E-state index in [0.717, 1.165) is 18.4 Å². The predicted octanol–water partition coefficient (Wildman–Crippen LogP) is 3.16. The van der Waals surface area contributed by atoms with Crippen LogP contribution in [0.2, 0.25) is 0 Å². The molecule has 2 unspecified atom stereocenters. The Morgan fingerprint density at radius 3 is 1.96 bits per heavy atom. The van der Waals surface area contributed by atoms with Gasteiger partial charge in [-0.15, -0.1) is 12.4 Å². The molecule has 0 aliphatic carbocycles. The number of halogens is 1. The van der Waals surface area contributed by atoms with Gasteiger partial charge in [0.05, 0.1) is 12.6 Å². The fourth-order valence-corrected chi connectivity index (χ4v) is 2.43. The van der Waals surface area contributed by atoms with Gasteiger partial charge in [0.25, 0.3) is 0 Å². The van der Waals surface area contributed by atoms with E-state index in [0.29, 0.717) is 0 Å². The highest BCUT2D eigenvalue weighted by Crippen LogP contribution is 2.18. The minimum absolute atomic E-state index is 0. The first kappa shape index (κ1) is 19.3. The lowest BCUT2D eigenvalue weighted by molar-refractivity contribution is 0.233. The Morgan fingerprint density at radius 1 is 0.913 bits per heavy atom. The maximum absolute atomic E-state index is 9.56. The van der Waals surface area contributed by atoms with E-state index in [2.05, 4.69) is 12.2 Å². The fourth-order valence-electron chi connectivity index (χ4n) is 2.43. The lowest BCUT2D eigenvalue weighted by Crippen LogP contribution is -2.33. The number of aliphatic hydroxyl groups excluding tert-OH is 1. The second-order valence-electron chi connectivity index (χ2n) is 5.60. The standard InChI is InChI=1S/C18H23NO3.ClH/c1-13(2-3-14-4-8-16(21)9-5-14)19-18(12-20)15-6-10-17(22)11-7-15;/h4-11,13,18-22H,2-3,12H2,1H3;1H. The molecule has 0 aromatic heterocycles. The first-order chi connectivity index (χ1) is 10.6. The van der Waals surface area contributed by atoms with Gasteiger partial charge in [-0.05, 0) is 55.2 Å². The molecule has 2 aromatic carbocycles. The third-order valence-corrected chi connectivity index (χ3v) is 3.77. The predicted molar refractivity (Wildman–Crippen MR) is 94.2 cm³/mol. The third-order valence-electron chi connectivity index (χ3n) is 3.77. The van der Waals surface area contributed by atoms with Gasteiger partial charge in [-0.2, -0.15) is 0 Å². The molecule has 0 spiro atoms. The number of phenols is 2. The van der Waals surface area contributed by atoms with Crippen LogP contribution in [-0.4, -0.2) is 28.0 Å². The summed E-state index contributed by atoms with van der Waals surface area (Å²) in [5.41, 5.74) is 2.13. The minimum atomic E-state index is -0.143. The summed E-state index contributed by atoms with van der Waals surface area (Å²) < 4.78 is 0. The molecule has 2 atom stereocenters. The Morgan fingerprint density at radius 2 is 1.43 bits per heavy atom. The largest absolute Gasteiger partial charge is 0.508 e. The first-order valence-electron chi connectivity index (χ1n) is 7.52. The number of aromatic hydroxyl groups is 2. The van der Waals surface area contributed by atoms with Gasteiger partial charge in [-0.1, -0.05) is 24.3 Å². The van der Waals surface area contributed by atoms with Crippen LogP contribution < -0.4 is 5.32 Å². The van der Waals surface area contributed by atoms with Crippen LogP contribution in [0.1, 0.15) is 30.5 Å². The van der Waals surface area contributed by atoms with Crippen LogP contribution >= 0.6 is 12.4 Å². The highest BCUT2D eigenvalue weighted by molar-refractivity contribution is 5.85. The Balaban J connectivity index is 0.00000264. The molecule has 0 fully saturated rings. The molecular formula is C18H24ClNO3. The van der Waals surface area contributed by atoms with Crippen molar-refractivity contribution < 1.29 is 15.3 Å². The van der Waals surface area contributed by atoms with E-state index in [1.165, 1.54) is 5.56 Å². The Bertz CT molecular complexity index is 572. The molecule has 23 heavy (non-hydrogen) atoms. The van der Waals surface area contributed by atoms with Crippen LogP contribution in [0.25, 0.3) is 0 Å². The summed E-state index contributed by atoms with van der Waals surface area (Å²) in [6.45, 7) is 2.10. The van der Waals surface area contributed by atoms with E-state index in [1.54, 1.807) is 24.3 Å². The van der Waals surface area contributed by atoms with E-state index in [4.69, 9.17) is 0 Å². The van der Waals surface area contributed by atoms with Crippen molar-refractivity contribution in [3.8, 4) is 11.5 Å². The molecular weight excluding hydrogens is 314 g/mol. The molecule has 5 heteroatoms. The van der Waals surface area contributed by atoms with E-state index >= 15 is 0 Å². The molecule has 126 valence electrons. The monoisotopic (exact) mass is 337 g/mol. The normalized spacial score (nSPS) is 13.1. The molecule has 0 saturated heterocycles. The van der Waals surface area contributed by atoms with Crippen molar-refractivity contribution in [2.45, 2.75) is 31.8 Å². The highest BCUT2D eigenvalue weighted by Gasteiger charge is 2.13. The van der Waals surface area contributed by atoms with Crippen molar-refractivity contribution in [1.82, 2.24) is 5.32 Å². The van der Waals surface area contributed by atoms with Crippen LogP contribution in [0.15, 0.2) is 48.5 Å². The van der Waals surface area contributed by atoms with E-state index in [1.807, 2.05) is 24.3 Å². The quantitative estimate of drug-likeness (QED) is 0.626. The van der Waals surface area contributed by atoms with Gasteiger partial charge >= 0.3 is 0 Å². The summed E-state index contributed by atoms with van der Waals surface area (Å²) >= 11 is 0. The van der Waals surface area contributed by atoms with Gasteiger partial charge in [-0.25, -0.2) is 0 Å². The van der Waals surface area contributed by atoms with Crippen molar-refractivity contribution >= 4 is 12.4 Å². The van der Waals surface area contributed by atoms with Gasteiger partial charge in [0.2, 0.25) is 0 Å². The molecule has 0 aliphatic rings. The lowest BCUT2D eigenvalue weighted by atomic mass is 10.0. The zero-order valence-electron chi connectivity index (χ0n) is 13.1. The molecule has 0 bridgehead atoms. The summed E-state index contributed by atoms with van der Waals surface area (Å²) in [4.78, 5) is 0. The van der Waals surface area contributed by atoms with Crippen molar-refractivity contribution in [1.29, 1.82) is 0 Å². The average molecular weight is 338 g/mol. The number of benzene rings is 2. The Kier molecular flexibility index (Phi) is 7.89. The van der Waals surface area contributed by atoms with Crippen molar-refractivity contribution in [2.24, 2.45) is 0 Å². The highest BCUT2D eigenvalue weighted by atomic mass is 35.5. The summed E-state index contributed by atoms with van der Waals surface area (Å²) in [5, 5.41) is 31.6. The van der Waals surface area contributed by atoms with Crippen LogP contribution in [-0.2, 0) is 6.42 Å². The smallest absolute Gasteiger partial charge is 0.115 e. The maximum atomic E-state index is 9.56. The number of nitrogens with one attached hydrogen (secondary N) is 1. The van der Waals surface area contributed by atoms with Crippen molar-refractivity contribution in [2.75, 3.05) is 6.61 Å². The molecule has 4 N–H and O–H groups in total. The van der Waals surface area contributed by atoms with Gasteiger partial charge in [0.1, 0.15) is 11.5 Å². The van der Waals surface area contributed by atoms with E-state index in [-0.39, 0.29) is 42.6 Å². The topological polar surface area (TPSA) is 72.7 Å². The zero-order chi connectivity index (χ0) is 15.9. The molecule has 0 saturated carbocycles. The number of hydrogen-bond acceptors (Lipinski definition) is 4. The molecule has 0 amide bonds. The maximum Gasteiger partial charge on any atom is 0.115 e. The molecule has 2 rings (SSSR count). The first-order valence-corrected chi connectivity index (χ1v) is 7.52. The number of aryl methyl sites for hydroxylation is 1. The number of aliphatic hydroxyl groups is 1. The van der Waals surface area contributed by atoms with Crippen LogP contribution in [0.5, 0.6) is 11.5 Å². The van der Waals surface area contributed by atoms with Crippen molar-refractivity contribution in [3.63, 3.8) is 0 Å². The number of hydrogen-bond donors (Lipinski definition) is 4. The van der Waals surface area contributed by atoms with Gasteiger partial charge < -0.3 is 20.6 Å². The number of rotatable bonds is 7. The second-order valence-corrected chi connectivity index (χ2v) is 5.60. The summed E-state index contributed by atoms with van der Waals surface area (Å²) in [6, 6.07) is 14.2. The summed E-state index contributed by atoms with van der Waals surface area (Å²) in [7, 11) is 0. The van der Waals surface area contributed by atoms with Gasteiger partial charge in [0.15, 0.2) is 0 Å². The van der Waals surface area contributed by atoms with Gasteiger partial charge in [-0.3, -0.25) is 0 Å². The second kappa shape index (κ2) is 9.40. The fraction of sp³-hybridized carbons (Fsp3) is 0.333. The Labute approximate surface area is 143 Å². The van der Waals surface area contributed by atoms with Gasteiger partial charge in [0, 0.05) is 6.04 Å². The molecule has 2 aromatic rings. The average Bonchev–Trinajstić information content (AvgIpc) is 2.53.